The van der Waals surface area contributed by atoms with Crippen molar-refractivity contribution in [1.29, 1.82) is 0 Å². The summed E-state index contributed by atoms with van der Waals surface area (Å²) in [6, 6.07) is 9.88. The van der Waals surface area contributed by atoms with Gasteiger partial charge >= 0.3 is 0 Å². The Hall–Kier alpha value is -3.09. The number of halogens is 1. The van der Waals surface area contributed by atoms with Gasteiger partial charge < -0.3 is 5.32 Å². The summed E-state index contributed by atoms with van der Waals surface area (Å²) in [7, 11) is -4.13. The second-order valence-electron chi connectivity index (χ2n) is 5.87. The summed E-state index contributed by atoms with van der Waals surface area (Å²) < 4.78 is 42.2. The van der Waals surface area contributed by atoms with Gasteiger partial charge in [-0.05, 0) is 53.1 Å². The van der Waals surface area contributed by atoms with E-state index in [1.807, 2.05) is 6.26 Å². The molecule has 1 amide bonds. The molecule has 156 valence electrons. The maximum Gasteiger partial charge on any atom is 0.255 e. The van der Waals surface area contributed by atoms with E-state index in [0.29, 0.717) is 16.5 Å². The van der Waals surface area contributed by atoms with Gasteiger partial charge in [0, 0.05) is 17.8 Å². The van der Waals surface area contributed by atoms with Crippen LogP contribution in [0.1, 0.15) is 10.4 Å². The normalized spacial score (nSPS) is 11.3. The molecule has 1 aromatic heterocycles. The van der Waals surface area contributed by atoms with Crippen LogP contribution in [0.2, 0.25) is 0 Å². The van der Waals surface area contributed by atoms with Crippen LogP contribution in [0.25, 0.3) is 5.69 Å². The highest BCUT2D eigenvalue weighted by Gasteiger charge is 2.21. The monoisotopic (exact) mass is 448 g/mol. The number of tetrazole rings is 1. The molecule has 9 nitrogen and oxygen atoms in total. The molecule has 30 heavy (non-hydrogen) atoms. The van der Waals surface area contributed by atoms with Crippen molar-refractivity contribution >= 4 is 33.4 Å². The number of anilines is 1. The Kier molecular flexibility index (Phi) is 6.59. The Bertz CT molecular complexity index is 1200. The first-order valence-electron chi connectivity index (χ1n) is 8.50. The number of amides is 1. The van der Waals surface area contributed by atoms with E-state index >= 15 is 0 Å². The highest BCUT2D eigenvalue weighted by Crippen LogP contribution is 2.21. The van der Waals surface area contributed by atoms with E-state index in [1.165, 1.54) is 28.6 Å². The smallest absolute Gasteiger partial charge is 0.255 e. The minimum atomic E-state index is -4.13. The molecule has 0 saturated carbocycles. The van der Waals surface area contributed by atoms with E-state index in [4.69, 9.17) is 0 Å². The van der Waals surface area contributed by atoms with E-state index in [0.717, 1.165) is 12.1 Å². The zero-order valence-electron chi connectivity index (χ0n) is 15.7. The molecule has 0 aliphatic heterocycles. The van der Waals surface area contributed by atoms with Crippen LogP contribution in [0.15, 0.2) is 65.2 Å². The Labute approximate surface area is 176 Å². The van der Waals surface area contributed by atoms with Gasteiger partial charge in [-0.15, -0.1) is 11.7 Å². The average molecular weight is 449 g/mol. The summed E-state index contributed by atoms with van der Waals surface area (Å²) in [6.45, 7) is 3.34. The van der Waals surface area contributed by atoms with Gasteiger partial charge in [0.15, 0.2) is 0 Å². The first-order chi connectivity index (χ1) is 14.4. The van der Waals surface area contributed by atoms with Crippen molar-refractivity contribution in [2.24, 2.45) is 0 Å². The third kappa shape index (κ3) is 4.72. The van der Waals surface area contributed by atoms with Crippen molar-refractivity contribution < 1.29 is 17.6 Å². The minimum Gasteiger partial charge on any atom is -0.322 e. The van der Waals surface area contributed by atoms with Gasteiger partial charge in [-0.3, -0.25) is 4.79 Å². The molecule has 1 heterocycles. The van der Waals surface area contributed by atoms with Crippen LogP contribution >= 0.6 is 11.8 Å². The van der Waals surface area contributed by atoms with Crippen LogP contribution in [-0.2, 0) is 10.0 Å². The Morgan fingerprint density at radius 2 is 2.10 bits per heavy atom. The third-order valence-electron chi connectivity index (χ3n) is 3.87. The molecular formula is C18H17FN6O3S2. The summed E-state index contributed by atoms with van der Waals surface area (Å²) in [5.74, 6) is -1.57. The lowest BCUT2D eigenvalue weighted by atomic mass is 10.2. The molecule has 0 atom stereocenters. The number of nitrogens with one attached hydrogen (secondary N) is 2. The summed E-state index contributed by atoms with van der Waals surface area (Å²) >= 11 is 1.36. The number of carbonyl (C=O) groups is 1. The maximum atomic E-state index is 14.1. The number of carbonyl (C=O) groups excluding carboxylic acids is 1. The van der Waals surface area contributed by atoms with E-state index in [1.54, 1.807) is 24.3 Å². The fourth-order valence-corrected chi connectivity index (χ4v) is 4.02. The molecule has 3 aromatic rings. The predicted molar refractivity (Wildman–Crippen MR) is 111 cm³/mol. The lowest BCUT2D eigenvalue weighted by molar-refractivity contribution is 0.102. The first-order valence-corrected chi connectivity index (χ1v) is 11.2. The van der Waals surface area contributed by atoms with Gasteiger partial charge in [-0.2, -0.15) is 4.68 Å². The average Bonchev–Trinajstić information content (AvgIpc) is 3.21. The van der Waals surface area contributed by atoms with Crippen LogP contribution in [0.4, 0.5) is 10.1 Å². The van der Waals surface area contributed by atoms with Crippen LogP contribution in [0, 0.1) is 5.82 Å². The number of hydrogen-bond acceptors (Lipinski definition) is 7. The lowest BCUT2D eigenvalue weighted by Crippen LogP contribution is -2.25. The predicted octanol–water partition coefficient (Wildman–Crippen LogP) is 2.24. The van der Waals surface area contributed by atoms with Crippen LogP contribution in [0.3, 0.4) is 0 Å². The summed E-state index contributed by atoms with van der Waals surface area (Å²) in [6.07, 6.45) is 3.16. The zero-order chi connectivity index (χ0) is 21.7. The molecule has 0 unspecified atom stereocenters. The van der Waals surface area contributed by atoms with E-state index in [2.05, 4.69) is 32.1 Å². The third-order valence-corrected chi connectivity index (χ3v) is 5.93. The van der Waals surface area contributed by atoms with Crippen molar-refractivity contribution in [1.82, 2.24) is 24.9 Å². The second kappa shape index (κ2) is 9.15. The van der Waals surface area contributed by atoms with Crippen molar-refractivity contribution in [2.45, 2.75) is 10.1 Å². The Morgan fingerprint density at radius 1 is 1.30 bits per heavy atom. The number of nitrogens with zero attached hydrogens (tertiary/aromatic N) is 4. The number of rotatable bonds is 8. The van der Waals surface area contributed by atoms with Crippen LogP contribution in [0.5, 0.6) is 0 Å². The van der Waals surface area contributed by atoms with Crippen molar-refractivity contribution in [3.8, 4) is 5.69 Å². The molecule has 0 aliphatic carbocycles. The van der Waals surface area contributed by atoms with Gasteiger partial charge in [0.2, 0.25) is 15.2 Å². The molecule has 2 N–H and O–H groups in total. The van der Waals surface area contributed by atoms with E-state index in [-0.39, 0.29) is 12.1 Å². The summed E-state index contributed by atoms with van der Waals surface area (Å²) in [4.78, 5) is 12.0. The topological polar surface area (TPSA) is 119 Å². The fourth-order valence-electron chi connectivity index (χ4n) is 2.48. The molecule has 2 aromatic carbocycles. The SMILES string of the molecule is C=CCNS(=O)(=O)c1cc(C(=O)Nc2cccc(-n3nnnc3SC)c2)ccc1F. The Morgan fingerprint density at radius 3 is 2.83 bits per heavy atom. The standard InChI is InChI=1S/C18H17FN6O3S2/c1-3-9-20-30(27,28)16-10-12(7-8-15(16)19)17(26)21-13-5-4-6-14(11-13)25-18(29-2)22-23-24-25/h3-8,10-11,20H,1,9H2,2H3,(H,21,26). The van der Waals surface area contributed by atoms with Gasteiger partial charge in [-0.25, -0.2) is 17.5 Å². The number of aromatic nitrogens is 4. The summed E-state index contributed by atoms with van der Waals surface area (Å²) in [5, 5.41) is 14.6. The van der Waals surface area contributed by atoms with Gasteiger partial charge in [0.25, 0.3) is 5.91 Å². The molecule has 0 bridgehead atoms. The number of benzene rings is 2. The molecule has 0 radical (unpaired) electrons. The van der Waals surface area contributed by atoms with Crippen LogP contribution < -0.4 is 10.0 Å². The number of hydrogen-bond donors (Lipinski definition) is 2. The largest absolute Gasteiger partial charge is 0.322 e. The van der Waals surface area contributed by atoms with Crippen molar-refractivity contribution in [3.05, 3.63) is 66.5 Å². The fraction of sp³-hybridized carbons (Fsp3) is 0.111. The molecular weight excluding hydrogens is 431 g/mol. The molecule has 3 rings (SSSR count). The minimum absolute atomic E-state index is 0.0204. The van der Waals surface area contributed by atoms with Gasteiger partial charge in [-0.1, -0.05) is 23.9 Å². The number of sulfonamides is 1. The van der Waals surface area contributed by atoms with E-state index < -0.39 is 26.6 Å². The second-order valence-corrected chi connectivity index (χ2v) is 8.38. The maximum absolute atomic E-state index is 14.1. The Balaban J connectivity index is 1.86. The molecule has 0 spiro atoms. The van der Waals surface area contributed by atoms with Crippen LogP contribution in [-0.4, -0.2) is 47.3 Å². The van der Waals surface area contributed by atoms with Gasteiger partial charge in [0.05, 0.1) is 5.69 Å². The van der Waals surface area contributed by atoms with Crippen molar-refractivity contribution in [3.63, 3.8) is 0 Å². The molecule has 0 fully saturated rings. The molecule has 0 aliphatic rings. The first kappa shape index (κ1) is 21.6. The number of thioether (sulfide) groups is 1. The zero-order valence-corrected chi connectivity index (χ0v) is 17.4. The molecule has 0 saturated heterocycles. The van der Waals surface area contributed by atoms with Gasteiger partial charge in [0.1, 0.15) is 10.7 Å². The molecule has 12 heteroatoms. The highest BCUT2D eigenvalue weighted by atomic mass is 32.2. The summed E-state index contributed by atoms with van der Waals surface area (Å²) in [5.41, 5.74) is 1.03. The quantitative estimate of drug-likeness (QED) is 0.401. The van der Waals surface area contributed by atoms with E-state index in [9.17, 15) is 17.6 Å². The van der Waals surface area contributed by atoms with Crippen molar-refractivity contribution in [2.75, 3.05) is 18.1 Å². The lowest BCUT2D eigenvalue weighted by Gasteiger charge is -2.10. The highest BCUT2D eigenvalue weighted by molar-refractivity contribution is 7.98.